The molecular formula is C8H18N2O. The molecule has 3 nitrogen and oxygen atoms in total. The molecule has 2 atom stereocenters. The smallest absolute Gasteiger partial charge is 0.222 e. The molecule has 2 unspecified atom stereocenters. The molecule has 0 bridgehead atoms. The van der Waals surface area contributed by atoms with Gasteiger partial charge in [-0.3, -0.25) is 4.79 Å². The van der Waals surface area contributed by atoms with E-state index in [-0.39, 0.29) is 23.9 Å². The number of amides is 1. The minimum absolute atomic E-state index is 0.0118. The Labute approximate surface area is 68.3 Å². The van der Waals surface area contributed by atoms with E-state index in [2.05, 4.69) is 5.32 Å². The summed E-state index contributed by atoms with van der Waals surface area (Å²) in [4.78, 5) is 11.1. The van der Waals surface area contributed by atoms with Crippen LogP contribution >= 0.6 is 0 Å². The van der Waals surface area contributed by atoms with Crippen LogP contribution in [0, 0.1) is 5.92 Å². The van der Waals surface area contributed by atoms with Crippen LogP contribution in [0.1, 0.15) is 27.7 Å². The first-order chi connectivity index (χ1) is 4.95. The Morgan fingerprint density at radius 3 is 2.00 bits per heavy atom. The fraction of sp³-hybridized carbons (Fsp3) is 0.875. The van der Waals surface area contributed by atoms with Crippen LogP contribution in [0.5, 0.6) is 0 Å². The van der Waals surface area contributed by atoms with Gasteiger partial charge in [0.25, 0.3) is 0 Å². The zero-order valence-electron chi connectivity index (χ0n) is 7.72. The summed E-state index contributed by atoms with van der Waals surface area (Å²) < 4.78 is 0. The molecule has 0 radical (unpaired) electrons. The van der Waals surface area contributed by atoms with E-state index >= 15 is 0 Å². The Hall–Kier alpha value is -0.570. The number of nitrogens with two attached hydrogens (primary N) is 1. The van der Waals surface area contributed by atoms with Crippen LogP contribution in [0.3, 0.4) is 0 Å². The lowest BCUT2D eigenvalue weighted by Crippen LogP contribution is -2.45. The second kappa shape index (κ2) is 4.34. The van der Waals surface area contributed by atoms with Gasteiger partial charge in [-0.15, -0.1) is 0 Å². The molecule has 0 heterocycles. The fourth-order valence-electron chi connectivity index (χ4n) is 0.523. The Bertz CT molecular complexity index is 132. The summed E-state index contributed by atoms with van der Waals surface area (Å²) in [7, 11) is 0. The van der Waals surface area contributed by atoms with Crippen LogP contribution in [-0.2, 0) is 4.79 Å². The van der Waals surface area contributed by atoms with Crippen LogP contribution in [0.15, 0.2) is 0 Å². The summed E-state index contributed by atoms with van der Waals surface area (Å²) in [5.41, 5.74) is 5.57. The van der Waals surface area contributed by atoms with Crippen molar-refractivity contribution in [1.29, 1.82) is 0 Å². The maximum absolute atomic E-state index is 11.1. The van der Waals surface area contributed by atoms with Crippen molar-refractivity contribution < 1.29 is 4.79 Å². The van der Waals surface area contributed by atoms with Crippen LogP contribution in [-0.4, -0.2) is 18.0 Å². The van der Waals surface area contributed by atoms with E-state index in [0.717, 1.165) is 0 Å². The lowest BCUT2D eigenvalue weighted by molar-refractivity contribution is -0.124. The lowest BCUT2D eigenvalue weighted by Gasteiger charge is -2.18. The van der Waals surface area contributed by atoms with Gasteiger partial charge in [-0.1, -0.05) is 13.8 Å². The molecule has 66 valence electrons. The van der Waals surface area contributed by atoms with Gasteiger partial charge in [-0.2, -0.15) is 0 Å². The minimum atomic E-state index is 0.0118. The van der Waals surface area contributed by atoms with E-state index in [1.165, 1.54) is 0 Å². The molecule has 3 N–H and O–H groups in total. The van der Waals surface area contributed by atoms with Gasteiger partial charge >= 0.3 is 0 Å². The number of carbonyl (C=O) groups excluding carboxylic acids is 1. The molecule has 0 saturated heterocycles. The summed E-state index contributed by atoms with van der Waals surface area (Å²) in [5.74, 6) is 0.103. The summed E-state index contributed by atoms with van der Waals surface area (Å²) in [6.45, 7) is 7.52. The number of carbonyl (C=O) groups is 1. The van der Waals surface area contributed by atoms with Crippen molar-refractivity contribution in [2.24, 2.45) is 11.7 Å². The van der Waals surface area contributed by atoms with Crippen LogP contribution in [0.4, 0.5) is 0 Å². The summed E-state index contributed by atoms with van der Waals surface area (Å²) >= 11 is 0. The predicted octanol–water partition coefficient (Wildman–Crippen LogP) is 0.494. The first kappa shape index (κ1) is 10.4. The third kappa shape index (κ3) is 3.98. The SMILES string of the molecule is CC(C)C(=O)NC(C)C(C)N. The predicted molar refractivity (Wildman–Crippen MR) is 46.1 cm³/mol. The number of nitrogens with one attached hydrogen (secondary N) is 1. The highest BCUT2D eigenvalue weighted by atomic mass is 16.1. The third-order valence-corrected chi connectivity index (χ3v) is 1.68. The maximum Gasteiger partial charge on any atom is 0.222 e. The minimum Gasteiger partial charge on any atom is -0.352 e. The average molecular weight is 158 g/mol. The molecular weight excluding hydrogens is 140 g/mol. The van der Waals surface area contributed by atoms with Gasteiger partial charge in [0.1, 0.15) is 0 Å². The van der Waals surface area contributed by atoms with E-state index in [0.29, 0.717) is 0 Å². The van der Waals surface area contributed by atoms with Crippen LogP contribution in [0.25, 0.3) is 0 Å². The zero-order valence-corrected chi connectivity index (χ0v) is 7.72. The fourth-order valence-corrected chi connectivity index (χ4v) is 0.523. The van der Waals surface area contributed by atoms with Gasteiger partial charge in [0, 0.05) is 18.0 Å². The van der Waals surface area contributed by atoms with Gasteiger partial charge in [-0.05, 0) is 13.8 Å². The monoisotopic (exact) mass is 158 g/mol. The van der Waals surface area contributed by atoms with E-state index in [1.807, 2.05) is 27.7 Å². The van der Waals surface area contributed by atoms with Crippen molar-refractivity contribution in [3.8, 4) is 0 Å². The highest BCUT2D eigenvalue weighted by Crippen LogP contribution is 1.94. The molecule has 0 aliphatic rings. The molecule has 0 aliphatic heterocycles. The quantitative estimate of drug-likeness (QED) is 0.628. The summed E-state index contributed by atoms with van der Waals surface area (Å²) in [6, 6.07) is 0.0719. The van der Waals surface area contributed by atoms with Crippen molar-refractivity contribution >= 4 is 5.91 Å². The number of hydrogen-bond acceptors (Lipinski definition) is 2. The van der Waals surface area contributed by atoms with Crippen molar-refractivity contribution in [2.75, 3.05) is 0 Å². The second-order valence-electron chi connectivity index (χ2n) is 3.31. The van der Waals surface area contributed by atoms with Gasteiger partial charge in [0.15, 0.2) is 0 Å². The first-order valence-corrected chi connectivity index (χ1v) is 4.01. The van der Waals surface area contributed by atoms with E-state index in [1.54, 1.807) is 0 Å². The lowest BCUT2D eigenvalue weighted by atomic mass is 10.1. The van der Waals surface area contributed by atoms with Crippen molar-refractivity contribution in [3.05, 3.63) is 0 Å². The molecule has 11 heavy (non-hydrogen) atoms. The summed E-state index contributed by atoms with van der Waals surface area (Å²) in [5, 5.41) is 2.81. The Morgan fingerprint density at radius 2 is 1.73 bits per heavy atom. The van der Waals surface area contributed by atoms with Crippen LogP contribution < -0.4 is 11.1 Å². The highest BCUT2D eigenvalue weighted by molar-refractivity contribution is 5.78. The Kier molecular flexibility index (Phi) is 4.11. The Balaban J connectivity index is 3.76. The standard InChI is InChI=1S/C8H18N2O/c1-5(2)8(11)10-7(4)6(3)9/h5-7H,9H2,1-4H3,(H,10,11). The maximum atomic E-state index is 11.1. The topological polar surface area (TPSA) is 55.1 Å². The molecule has 0 spiro atoms. The molecule has 0 rings (SSSR count). The highest BCUT2D eigenvalue weighted by Gasteiger charge is 2.12. The molecule has 0 aromatic carbocycles. The van der Waals surface area contributed by atoms with E-state index in [4.69, 9.17) is 5.73 Å². The molecule has 0 saturated carbocycles. The third-order valence-electron chi connectivity index (χ3n) is 1.68. The van der Waals surface area contributed by atoms with Gasteiger partial charge in [0.05, 0.1) is 0 Å². The van der Waals surface area contributed by atoms with Crippen molar-refractivity contribution in [2.45, 2.75) is 39.8 Å². The first-order valence-electron chi connectivity index (χ1n) is 4.01. The van der Waals surface area contributed by atoms with Gasteiger partial charge in [-0.25, -0.2) is 0 Å². The van der Waals surface area contributed by atoms with E-state index in [9.17, 15) is 4.79 Å². The molecule has 1 amide bonds. The second-order valence-corrected chi connectivity index (χ2v) is 3.31. The average Bonchev–Trinajstić information content (AvgIpc) is 1.87. The van der Waals surface area contributed by atoms with Gasteiger partial charge < -0.3 is 11.1 Å². The number of rotatable bonds is 3. The van der Waals surface area contributed by atoms with Gasteiger partial charge in [0.2, 0.25) is 5.91 Å². The molecule has 0 fully saturated rings. The molecule has 0 aromatic rings. The van der Waals surface area contributed by atoms with E-state index < -0.39 is 0 Å². The van der Waals surface area contributed by atoms with Crippen molar-refractivity contribution in [3.63, 3.8) is 0 Å². The van der Waals surface area contributed by atoms with Crippen molar-refractivity contribution in [1.82, 2.24) is 5.32 Å². The summed E-state index contributed by atoms with van der Waals surface area (Å²) in [6.07, 6.45) is 0. The molecule has 3 heteroatoms. The zero-order chi connectivity index (χ0) is 9.02. The number of hydrogen-bond donors (Lipinski definition) is 2. The normalized spacial score (nSPS) is 16.2. The van der Waals surface area contributed by atoms with Crippen LogP contribution in [0.2, 0.25) is 0 Å². The molecule has 0 aromatic heterocycles. The largest absolute Gasteiger partial charge is 0.352 e. The Morgan fingerprint density at radius 1 is 1.27 bits per heavy atom. The molecule has 0 aliphatic carbocycles.